The Balaban J connectivity index is 1.04. The molecule has 0 spiro atoms. The molecule has 13 aromatic rings. The molecular weight excluding hydrogens is 725 g/mol. The molecule has 0 saturated carbocycles. The zero-order valence-electron chi connectivity index (χ0n) is 31.4. The van der Waals surface area contributed by atoms with Crippen LogP contribution in [-0.2, 0) is 0 Å². The van der Waals surface area contributed by atoms with Gasteiger partial charge in [-0.25, -0.2) is 15.0 Å². The zero-order chi connectivity index (χ0) is 38.6. The average Bonchev–Trinajstić information content (AvgIpc) is 3.96. The molecule has 4 heterocycles. The minimum absolute atomic E-state index is 0.567. The van der Waals surface area contributed by atoms with Crippen LogP contribution in [0.25, 0.3) is 127 Å². The van der Waals surface area contributed by atoms with E-state index in [1.54, 1.807) is 0 Å². The Morgan fingerprint density at radius 2 is 0.831 bits per heavy atom. The van der Waals surface area contributed by atoms with Crippen molar-refractivity contribution in [1.29, 1.82) is 0 Å². The standard InChI is InChI=1S/C53H30N4O2/c1-2-12-31(13-3-1)51-54-52(39-19-10-22-46-49(39)37-18-8-9-21-45(37)58-46)56-53(55-51)40-20-11-23-47-50(40)38-25-24-36(30-48(38)59-47)57-43-28-34-16-6-4-14-32(34)26-41(43)42-27-33-15-5-7-17-35(33)29-44(42)57/h1-30H. The Morgan fingerprint density at radius 1 is 0.339 bits per heavy atom. The minimum atomic E-state index is 0.567. The Hall–Kier alpha value is -8.09. The molecule has 0 N–H and O–H groups in total. The first-order valence-electron chi connectivity index (χ1n) is 19.8. The van der Waals surface area contributed by atoms with Crippen LogP contribution in [0.1, 0.15) is 0 Å². The number of nitrogens with zero attached hydrogens (tertiary/aromatic N) is 4. The molecule has 0 aliphatic heterocycles. The van der Waals surface area contributed by atoms with Crippen molar-refractivity contribution in [2.24, 2.45) is 0 Å². The Bertz CT molecular complexity index is 3760. The highest BCUT2D eigenvalue weighted by Gasteiger charge is 2.22. The van der Waals surface area contributed by atoms with Gasteiger partial charge in [0.2, 0.25) is 0 Å². The highest BCUT2D eigenvalue weighted by atomic mass is 16.3. The fourth-order valence-electron chi connectivity index (χ4n) is 9.10. The van der Waals surface area contributed by atoms with Gasteiger partial charge in [-0.2, -0.15) is 0 Å². The molecule has 0 unspecified atom stereocenters. The molecule has 4 aromatic heterocycles. The summed E-state index contributed by atoms with van der Waals surface area (Å²) in [5, 5.41) is 11.2. The summed E-state index contributed by atoms with van der Waals surface area (Å²) in [5.41, 5.74) is 9.14. The summed E-state index contributed by atoms with van der Waals surface area (Å²) in [6.07, 6.45) is 0. The lowest BCUT2D eigenvalue weighted by molar-refractivity contribution is 0.668. The quantitative estimate of drug-likeness (QED) is 0.179. The van der Waals surface area contributed by atoms with Crippen molar-refractivity contribution < 1.29 is 8.83 Å². The monoisotopic (exact) mass is 754 g/mol. The molecule has 13 rings (SSSR count). The van der Waals surface area contributed by atoms with Crippen molar-refractivity contribution in [1.82, 2.24) is 19.5 Å². The maximum Gasteiger partial charge on any atom is 0.164 e. The van der Waals surface area contributed by atoms with E-state index in [4.69, 9.17) is 23.8 Å². The molecule has 0 aliphatic rings. The number of fused-ring (bicyclic) bond motifs is 11. The molecule has 274 valence electrons. The summed E-state index contributed by atoms with van der Waals surface area (Å²) in [6, 6.07) is 63.3. The number of furan rings is 2. The average molecular weight is 755 g/mol. The van der Waals surface area contributed by atoms with Crippen molar-refractivity contribution in [3.05, 3.63) is 182 Å². The van der Waals surface area contributed by atoms with Gasteiger partial charge in [0.15, 0.2) is 17.5 Å². The van der Waals surface area contributed by atoms with E-state index in [1.807, 2.05) is 72.8 Å². The van der Waals surface area contributed by atoms with Crippen molar-refractivity contribution in [2.75, 3.05) is 0 Å². The first-order chi connectivity index (χ1) is 29.2. The predicted octanol–water partition coefficient (Wildman–Crippen LogP) is 14.1. The number of aromatic nitrogens is 4. The van der Waals surface area contributed by atoms with E-state index in [2.05, 4.69) is 114 Å². The van der Waals surface area contributed by atoms with Gasteiger partial charge in [-0.05, 0) is 76.1 Å². The summed E-state index contributed by atoms with van der Waals surface area (Å²) in [5.74, 6) is 1.73. The third-order valence-corrected chi connectivity index (χ3v) is 11.8. The molecule has 0 amide bonds. The summed E-state index contributed by atoms with van der Waals surface area (Å²) in [6.45, 7) is 0. The van der Waals surface area contributed by atoms with Crippen molar-refractivity contribution in [2.45, 2.75) is 0 Å². The van der Waals surface area contributed by atoms with Crippen LogP contribution in [0.15, 0.2) is 191 Å². The molecule has 59 heavy (non-hydrogen) atoms. The van der Waals surface area contributed by atoms with Crippen LogP contribution in [0, 0.1) is 0 Å². The molecule has 0 aliphatic carbocycles. The van der Waals surface area contributed by atoms with Crippen molar-refractivity contribution in [3.63, 3.8) is 0 Å². The molecule has 9 aromatic carbocycles. The third-order valence-electron chi connectivity index (χ3n) is 11.8. The smallest absolute Gasteiger partial charge is 0.164 e. The first-order valence-corrected chi connectivity index (χ1v) is 19.8. The van der Waals surface area contributed by atoms with Gasteiger partial charge in [-0.15, -0.1) is 0 Å². The Morgan fingerprint density at radius 3 is 1.46 bits per heavy atom. The van der Waals surface area contributed by atoms with Crippen molar-refractivity contribution >= 4 is 87.2 Å². The van der Waals surface area contributed by atoms with Crippen LogP contribution in [0.3, 0.4) is 0 Å². The molecule has 6 nitrogen and oxygen atoms in total. The molecule has 0 radical (unpaired) electrons. The first kappa shape index (κ1) is 32.0. The van der Waals surface area contributed by atoms with Gasteiger partial charge >= 0.3 is 0 Å². The summed E-state index contributed by atoms with van der Waals surface area (Å²) >= 11 is 0. The second kappa shape index (κ2) is 12.2. The van der Waals surface area contributed by atoms with Crippen LogP contribution < -0.4 is 0 Å². The highest BCUT2D eigenvalue weighted by Crippen LogP contribution is 2.42. The second-order valence-electron chi connectivity index (χ2n) is 15.2. The van der Waals surface area contributed by atoms with Gasteiger partial charge in [0.05, 0.1) is 11.0 Å². The topological polar surface area (TPSA) is 69.9 Å². The maximum absolute atomic E-state index is 6.75. The van der Waals surface area contributed by atoms with Gasteiger partial charge in [-0.1, -0.05) is 121 Å². The summed E-state index contributed by atoms with van der Waals surface area (Å²) in [7, 11) is 0. The summed E-state index contributed by atoms with van der Waals surface area (Å²) < 4.78 is 15.4. The number of benzene rings is 9. The van der Waals surface area contributed by atoms with Gasteiger partial charge in [0.1, 0.15) is 22.3 Å². The molecule has 0 saturated heterocycles. The summed E-state index contributed by atoms with van der Waals surface area (Å²) in [4.78, 5) is 15.5. The third kappa shape index (κ3) is 4.84. The molecule has 0 fully saturated rings. The normalized spacial score (nSPS) is 12.1. The van der Waals surface area contributed by atoms with E-state index in [0.717, 1.165) is 77.3 Å². The molecule has 6 heteroatoms. The lowest BCUT2D eigenvalue weighted by Gasteiger charge is -2.10. The van der Waals surface area contributed by atoms with Gasteiger partial charge < -0.3 is 13.4 Å². The highest BCUT2D eigenvalue weighted by molar-refractivity contribution is 6.18. The van der Waals surface area contributed by atoms with E-state index in [0.29, 0.717) is 17.5 Å². The second-order valence-corrected chi connectivity index (χ2v) is 15.2. The SMILES string of the molecule is c1ccc(-c2nc(-c3cccc4oc5ccccc5c34)nc(-c3cccc4oc5cc(-n6c7cc8ccccc8cc7c7cc8ccccc8cc76)ccc5c34)n2)cc1. The predicted molar refractivity (Wildman–Crippen MR) is 240 cm³/mol. The van der Waals surface area contributed by atoms with E-state index >= 15 is 0 Å². The fourth-order valence-corrected chi connectivity index (χ4v) is 9.10. The van der Waals surface area contributed by atoms with Crippen LogP contribution in [0.4, 0.5) is 0 Å². The van der Waals surface area contributed by atoms with E-state index in [9.17, 15) is 0 Å². The molecular formula is C53H30N4O2. The van der Waals surface area contributed by atoms with E-state index in [-0.39, 0.29) is 0 Å². The fraction of sp³-hybridized carbons (Fsp3) is 0. The van der Waals surface area contributed by atoms with Crippen LogP contribution in [-0.4, -0.2) is 19.5 Å². The van der Waals surface area contributed by atoms with Crippen LogP contribution in [0.5, 0.6) is 0 Å². The number of hydrogen-bond acceptors (Lipinski definition) is 5. The van der Waals surface area contributed by atoms with Gasteiger partial charge in [0, 0.05) is 60.8 Å². The Labute approximate surface area is 336 Å². The number of hydrogen-bond donors (Lipinski definition) is 0. The van der Waals surface area contributed by atoms with Crippen LogP contribution >= 0.6 is 0 Å². The van der Waals surface area contributed by atoms with Gasteiger partial charge in [-0.3, -0.25) is 0 Å². The zero-order valence-corrected chi connectivity index (χ0v) is 31.4. The maximum atomic E-state index is 6.75. The largest absolute Gasteiger partial charge is 0.456 e. The minimum Gasteiger partial charge on any atom is -0.456 e. The molecule has 0 bridgehead atoms. The Kier molecular flexibility index (Phi) is 6.63. The van der Waals surface area contributed by atoms with Gasteiger partial charge in [0.25, 0.3) is 0 Å². The van der Waals surface area contributed by atoms with Crippen molar-refractivity contribution in [3.8, 4) is 39.9 Å². The number of para-hydroxylation sites is 1. The van der Waals surface area contributed by atoms with E-state index < -0.39 is 0 Å². The van der Waals surface area contributed by atoms with E-state index in [1.165, 1.54) is 32.3 Å². The lowest BCUT2D eigenvalue weighted by atomic mass is 10.0. The lowest BCUT2D eigenvalue weighted by Crippen LogP contribution is -2.00. The number of rotatable bonds is 4. The molecule has 0 atom stereocenters. The van der Waals surface area contributed by atoms with Crippen LogP contribution in [0.2, 0.25) is 0 Å².